The van der Waals surface area contributed by atoms with Crippen LogP contribution in [-0.2, 0) is 24.3 Å². The Morgan fingerprint density at radius 1 is 1.07 bits per heavy atom. The molecule has 0 saturated carbocycles. The molecule has 8 nitrogen and oxygen atoms in total. The second kappa shape index (κ2) is 11.3. The lowest BCUT2D eigenvalue weighted by atomic mass is 10.1. The number of ether oxygens (including phenoxy) is 2. The zero-order valence-electron chi connectivity index (χ0n) is 17.1. The molecule has 0 aliphatic carbocycles. The molecule has 162 valence electrons. The number of methoxy groups -OCH3 is 1. The van der Waals surface area contributed by atoms with Gasteiger partial charge in [0.2, 0.25) is 10.0 Å². The van der Waals surface area contributed by atoms with Crippen LogP contribution in [-0.4, -0.2) is 64.6 Å². The van der Waals surface area contributed by atoms with Gasteiger partial charge in [-0.15, -0.1) is 0 Å². The molecule has 29 heavy (non-hydrogen) atoms. The highest BCUT2D eigenvalue weighted by Crippen LogP contribution is 2.13. The van der Waals surface area contributed by atoms with Gasteiger partial charge in [0.15, 0.2) is 6.61 Å². The summed E-state index contributed by atoms with van der Waals surface area (Å²) in [5.74, 6) is -0.856. The molecule has 1 aliphatic rings. The van der Waals surface area contributed by atoms with Crippen LogP contribution in [0.15, 0.2) is 29.2 Å². The van der Waals surface area contributed by atoms with E-state index in [-0.39, 0.29) is 35.6 Å². The molecular weight excluding hydrogens is 396 g/mol. The van der Waals surface area contributed by atoms with E-state index >= 15 is 0 Å². The average molecular weight is 427 g/mol. The highest BCUT2D eigenvalue weighted by molar-refractivity contribution is 7.89. The number of esters is 1. The normalized spacial score (nSPS) is 16.6. The van der Waals surface area contributed by atoms with Crippen LogP contribution in [0.4, 0.5) is 0 Å². The molecule has 0 unspecified atom stereocenters. The molecule has 1 heterocycles. The van der Waals surface area contributed by atoms with Crippen LogP contribution in [0.2, 0.25) is 0 Å². The first-order valence-corrected chi connectivity index (χ1v) is 11.4. The summed E-state index contributed by atoms with van der Waals surface area (Å²) in [7, 11) is -2.22. The molecule has 1 saturated heterocycles. The molecule has 0 bridgehead atoms. The Kier molecular flexibility index (Phi) is 9.06. The Bertz CT molecular complexity index is 771. The number of amides is 1. The SMILES string of the molecule is COC[C@@H](C)NS(=O)(=O)c1ccc(C(=O)OCC(=O)N2CCCCCCC2)cc1. The monoisotopic (exact) mass is 426 g/mol. The van der Waals surface area contributed by atoms with Gasteiger partial charge in [-0.05, 0) is 44.0 Å². The minimum Gasteiger partial charge on any atom is -0.452 e. The zero-order chi connectivity index (χ0) is 21.3. The zero-order valence-corrected chi connectivity index (χ0v) is 17.9. The third-order valence-electron chi connectivity index (χ3n) is 4.71. The number of nitrogens with one attached hydrogen (secondary N) is 1. The van der Waals surface area contributed by atoms with Crippen molar-refractivity contribution in [2.75, 3.05) is 33.4 Å². The van der Waals surface area contributed by atoms with Gasteiger partial charge in [-0.25, -0.2) is 17.9 Å². The van der Waals surface area contributed by atoms with E-state index in [0.29, 0.717) is 13.1 Å². The molecule has 1 atom stereocenters. The predicted molar refractivity (Wildman–Crippen MR) is 108 cm³/mol. The molecule has 1 N–H and O–H groups in total. The Balaban J connectivity index is 1.90. The molecule has 1 aliphatic heterocycles. The van der Waals surface area contributed by atoms with Crippen molar-refractivity contribution in [3.05, 3.63) is 29.8 Å². The number of carbonyl (C=O) groups excluding carboxylic acids is 2. The summed E-state index contributed by atoms with van der Waals surface area (Å²) in [5, 5.41) is 0. The lowest BCUT2D eigenvalue weighted by Crippen LogP contribution is -2.37. The standard InChI is InChI=1S/C20H30N2O6S/c1-16(14-27-2)21-29(25,26)18-10-8-17(9-11-18)20(24)28-15-19(23)22-12-6-4-3-5-7-13-22/h8-11,16,21H,3-7,12-15H2,1-2H3/t16-/m1/s1. The van der Waals surface area contributed by atoms with Gasteiger partial charge >= 0.3 is 5.97 Å². The Hall–Kier alpha value is -1.97. The van der Waals surface area contributed by atoms with Crippen LogP contribution in [0.5, 0.6) is 0 Å². The largest absolute Gasteiger partial charge is 0.452 e. The maximum atomic E-state index is 12.3. The van der Waals surface area contributed by atoms with Crippen LogP contribution in [0.25, 0.3) is 0 Å². The number of likely N-dealkylation sites (tertiary alicyclic amines) is 1. The summed E-state index contributed by atoms with van der Waals surface area (Å²) in [6, 6.07) is 5.03. The van der Waals surface area contributed by atoms with Crippen molar-refractivity contribution in [3.63, 3.8) is 0 Å². The van der Waals surface area contributed by atoms with Crippen LogP contribution in [0.3, 0.4) is 0 Å². The Morgan fingerprint density at radius 2 is 1.66 bits per heavy atom. The molecule has 0 radical (unpaired) electrons. The molecule has 0 spiro atoms. The second-order valence-electron chi connectivity index (χ2n) is 7.23. The first kappa shape index (κ1) is 23.3. The summed E-state index contributed by atoms with van der Waals surface area (Å²) in [6.07, 6.45) is 5.35. The number of hydrogen-bond acceptors (Lipinski definition) is 6. The molecule has 9 heteroatoms. The third kappa shape index (κ3) is 7.41. The molecule has 0 aromatic heterocycles. The van der Waals surface area contributed by atoms with E-state index in [9.17, 15) is 18.0 Å². The summed E-state index contributed by atoms with van der Waals surface area (Å²) >= 11 is 0. The number of hydrogen-bond donors (Lipinski definition) is 1. The van der Waals surface area contributed by atoms with Gasteiger partial charge < -0.3 is 14.4 Å². The minimum atomic E-state index is -3.71. The lowest BCUT2D eigenvalue weighted by molar-refractivity contribution is -0.134. The number of sulfonamides is 1. The van der Waals surface area contributed by atoms with Gasteiger partial charge in [0.05, 0.1) is 17.1 Å². The number of carbonyl (C=O) groups is 2. The second-order valence-corrected chi connectivity index (χ2v) is 8.94. The van der Waals surface area contributed by atoms with Gasteiger partial charge in [0, 0.05) is 26.2 Å². The highest BCUT2D eigenvalue weighted by atomic mass is 32.2. The van der Waals surface area contributed by atoms with Crippen molar-refractivity contribution in [2.45, 2.75) is 50.0 Å². The number of benzene rings is 1. The van der Waals surface area contributed by atoms with E-state index < -0.39 is 16.0 Å². The van der Waals surface area contributed by atoms with Crippen LogP contribution >= 0.6 is 0 Å². The molecule has 1 aromatic carbocycles. The Labute approximate surface area is 172 Å². The Morgan fingerprint density at radius 3 is 2.24 bits per heavy atom. The molecule has 1 amide bonds. The number of nitrogens with zero attached hydrogens (tertiary/aromatic N) is 1. The van der Waals surface area contributed by atoms with E-state index in [4.69, 9.17) is 9.47 Å². The molecule has 1 aromatic rings. The van der Waals surface area contributed by atoms with E-state index in [1.165, 1.54) is 37.8 Å². The van der Waals surface area contributed by atoms with Crippen molar-refractivity contribution in [2.24, 2.45) is 0 Å². The van der Waals surface area contributed by atoms with Gasteiger partial charge in [0.25, 0.3) is 5.91 Å². The van der Waals surface area contributed by atoms with E-state index in [0.717, 1.165) is 25.7 Å². The van der Waals surface area contributed by atoms with E-state index in [1.807, 2.05) is 0 Å². The maximum Gasteiger partial charge on any atom is 0.338 e. The molecule has 1 fully saturated rings. The fraction of sp³-hybridized carbons (Fsp3) is 0.600. The lowest BCUT2D eigenvalue weighted by Gasteiger charge is -2.24. The maximum absolute atomic E-state index is 12.3. The van der Waals surface area contributed by atoms with Crippen molar-refractivity contribution >= 4 is 21.9 Å². The first-order valence-electron chi connectivity index (χ1n) is 9.89. The third-order valence-corrected chi connectivity index (χ3v) is 6.31. The number of rotatable bonds is 8. The summed E-state index contributed by atoms with van der Waals surface area (Å²) in [4.78, 5) is 26.3. The van der Waals surface area contributed by atoms with Gasteiger partial charge in [-0.2, -0.15) is 0 Å². The predicted octanol–water partition coefficient (Wildman–Crippen LogP) is 1.95. The van der Waals surface area contributed by atoms with Crippen LogP contribution in [0, 0.1) is 0 Å². The molecular formula is C20H30N2O6S. The summed E-state index contributed by atoms with van der Waals surface area (Å²) in [5.41, 5.74) is 0.189. The van der Waals surface area contributed by atoms with Crippen molar-refractivity contribution in [1.29, 1.82) is 0 Å². The fourth-order valence-corrected chi connectivity index (χ4v) is 4.41. The van der Waals surface area contributed by atoms with Gasteiger partial charge in [-0.1, -0.05) is 19.3 Å². The molecule has 2 rings (SSSR count). The smallest absolute Gasteiger partial charge is 0.338 e. The van der Waals surface area contributed by atoms with Crippen LogP contribution < -0.4 is 4.72 Å². The minimum absolute atomic E-state index is 0.0358. The average Bonchev–Trinajstić information content (AvgIpc) is 2.65. The quantitative estimate of drug-likeness (QED) is 0.638. The van der Waals surface area contributed by atoms with E-state index in [2.05, 4.69) is 4.72 Å². The van der Waals surface area contributed by atoms with E-state index in [1.54, 1.807) is 11.8 Å². The summed E-state index contributed by atoms with van der Waals surface area (Å²) in [6.45, 7) is 3.01. The van der Waals surface area contributed by atoms with Crippen molar-refractivity contribution < 1.29 is 27.5 Å². The van der Waals surface area contributed by atoms with Crippen molar-refractivity contribution in [3.8, 4) is 0 Å². The van der Waals surface area contributed by atoms with Crippen LogP contribution in [0.1, 0.15) is 49.4 Å². The topological polar surface area (TPSA) is 102 Å². The fourth-order valence-electron chi connectivity index (χ4n) is 3.19. The van der Waals surface area contributed by atoms with Gasteiger partial charge in [-0.3, -0.25) is 4.79 Å². The first-order chi connectivity index (χ1) is 13.8. The highest BCUT2D eigenvalue weighted by Gasteiger charge is 2.20. The van der Waals surface area contributed by atoms with Crippen molar-refractivity contribution in [1.82, 2.24) is 9.62 Å². The summed E-state index contributed by atoms with van der Waals surface area (Å²) < 4.78 is 37.2. The van der Waals surface area contributed by atoms with Gasteiger partial charge in [0.1, 0.15) is 0 Å².